The van der Waals surface area contributed by atoms with Crippen LogP contribution in [-0.4, -0.2) is 26.1 Å². The first-order valence-electron chi connectivity index (χ1n) is 5.69. The van der Waals surface area contributed by atoms with E-state index in [9.17, 15) is 4.79 Å². The summed E-state index contributed by atoms with van der Waals surface area (Å²) in [5, 5.41) is 2.75. The molecule has 0 saturated carbocycles. The van der Waals surface area contributed by atoms with Gasteiger partial charge in [-0.05, 0) is 31.0 Å². The highest BCUT2D eigenvalue weighted by molar-refractivity contribution is 5.79. The standard InChI is InChI=1S/C13H20N2O2/c1-9-6-11(8-13(16)15-5-4-14)12(17-3)7-10(9)2/h6-7H,4-5,8,14H2,1-3H3,(H,15,16). The van der Waals surface area contributed by atoms with Crippen LogP contribution in [0, 0.1) is 13.8 Å². The number of amides is 1. The van der Waals surface area contributed by atoms with E-state index in [1.165, 1.54) is 0 Å². The van der Waals surface area contributed by atoms with Crippen molar-refractivity contribution < 1.29 is 9.53 Å². The van der Waals surface area contributed by atoms with Gasteiger partial charge in [0, 0.05) is 18.7 Å². The highest BCUT2D eigenvalue weighted by Crippen LogP contribution is 2.23. The van der Waals surface area contributed by atoms with Gasteiger partial charge in [0.1, 0.15) is 5.75 Å². The molecule has 17 heavy (non-hydrogen) atoms. The Kier molecular flexibility index (Phi) is 4.97. The van der Waals surface area contributed by atoms with E-state index < -0.39 is 0 Å². The molecule has 0 unspecified atom stereocenters. The predicted molar refractivity (Wildman–Crippen MR) is 68.2 cm³/mol. The van der Waals surface area contributed by atoms with Crippen molar-refractivity contribution in [2.24, 2.45) is 5.73 Å². The zero-order valence-corrected chi connectivity index (χ0v) is 10.7. The van der Waals surface area contributed by atoms with Crippen LogP contribution in [0.5, 0.6) is 5.75 Å². The van der Waals surface area contributed by atoms with E-state index >= 15 is 0 Å². The molecule has 1 aromatic rings. The third kappa shape index (κ3) is 3.75. The molecule has 0 aliphatic heterocycles. The molecule has 0 aliphatic carbocycles. The number of hydrogen-bond acceptors (Lipinski definition) is 3. The van der Waals surface area contributed by atoms with Gasteiger partial charge in [-0.3, -0.25) is 4.79 Å². The number of nitrogens with one attached hydrogen (secondary N) is 1. The molecule has 0 heterocycles. The second-order valence-electron chi connectivity index (χ2n) is 4.06. The Labute approximate surface area is 102 Å². The van der Waals surface area contributed by atoms with Crippen molar-refractivity contribution in [2.75, 3.05) is 20.2 Å². The Morgan fingerprint density at radius 1 is 1.35 bits per heavy atom. The maximum absolute atomic E-state index is 11.6. The van der Waals surface area contributed by atoms with E-state index in [2.05, 4.69) is 5.32 Å². The molecule has 0 aliphatic rings. The molecule has 4 nitrogen and oxygen atoms in total. The second-order valence-corrected chi connectivity index (χ2v) is 4.06. The summed E-state index contributed by atoms with van der Waals surface area (Å²) >= 11 is 0. The van der Waals surface area contributed by atoms with Gasteiger partial charge < -0.3 is 15.8 Å². The van der Waals surface area contributed by atoms with E-state index in [0.29, 0.717) is 19.5 Å². The average molecular weight is 236 g/mol. The van der Waals surface area contributed by atoms with Crippen molar-refractivity contribution in [3.05, 3.63) is 28.8 Å². The number of rotatable bonds is 5. The summed E-state index contributed by atoms with van der Waals surface area (Å²) in [4.78, 5) is 11.6. The van der Waals surface area contributed by atoms with Crippen LogP contribution in [0.15, 0.2) is 12.1 Å². The van der Waals surface area contributed by atoms with Gasteiger partial charge in [-0.1, -0.05) is 6.07 Å². The summed E-state index contributed by atoms with van der Waals surface area (Å²) in [7, 11) is 1.62. The Morgan fingerprint density at radius 3 is 2.59 bits per heavy atom. The van der Waals surface area contributed by atoms with Crippen molar-refractivity contribution in [1.29, 1.82) is 0 Å². The van der Waals surface area contributed by atoms with Gasteiger partial charge in [0.2, 0.25) is 5.91 Å². The molecule has 0 aromatic heterocycles. The van der Waals surface area contributed by atoms with Crippen molar-refractivity contribution in [1.82, 2.24) is 5.32 Å². The number of hydrogen-bond donors (Lipinski definition) is 2. The van der Waals surface area contributed by atoms with Crippen molar-refractivity contribution in [2.45, 2.75) is 20.3 Å². The van der Waals surface area contributed by atoms with E-state index in [1.54, 1.807) is 7.11 Å². The van der Waals surface area contributed by atoms with Gasteiger partial charge in [0.05, 0.1) is 13.5 Å². The van der Waals surface area contributed by atoms with Gasteiger partial charge in [0.25, 0.3) is 0 Å². The van der Waals surface area contributed by atoms with Crippen LogP contribution in [0.2, 0.25) is 0 Å². The largest absolute Gasteiger partial charge is 0.496 e. The Bertz CT molecular complexity index is 403. The van der Waals surface area contributed by atoms with Crippen LogP contribution >= 0.6 is 0 Å². The average Bonchev–Trinajstić information content (AvgIpc) is 2.31. The second kappa shape index (κ2) is 6.25. The SMILES string of the molecule is COc1cc(C)c(C)cc1CC(=O)NCCN. The highest BCUT2D eigenvalue weighted by atomic mass is 16.5. The molecular weight excluding hydrogens is 216 g/mol. The fraction of sp³-hybridized carbons (Fsp3) is 0.462. The van der Waals surface area contributed by atoms with Crippen molar-refractivity contribution >= 4 is 5.91 Å². The fourth-order valence-corrected chi connectivity index (χ4v) is 1.62. The summed E-state index contributed by atoms with van der Waals surface area (Å²) < 4.78 is 5.28. The smallest absolute Gasteiger partial charge is 0.224 e. The summed E-state index contributed by atoms with van der Waals surface area (Å²) in [6.45, 7) is 5.01. The minimum atomic E-state index is -0.0306. The summed E-state index contributed by atoms with van der Waals surface area (Å²) in [6, 6.07) is 3.96. The molecule has 0 atom stereocenters. The lowest BCUT2D eigenvalue weighted by molar-refractivity contribution is -0.120. The lowest BCUT2D eigenvalue weighted by Crippen LogP contribution is -2.30. The van der Waals surface area contributed by atoms with Crippen LogP contribution < -0.4 is 15.8 Å². The molecule has 0 radical (unpaired) electrons. The van der Waals surface area contributed by atoms with Crippen molar-refractivity contribution in [3.8, 4) is 5.75 Å². The summed E-state index contributed by atoms with van der Waals surface area (Å²) in [5.74, 6) is 0.730. The molecule has 0 fully saturated rings. The minimum Gasteiger partial charge on any atom is -0.496 e. The Morgan fingerprint density at radius 2 is 2.00 bits per heavy atom. The van der Waals surface area contributed by atoms with E-state index in [0.717, 1.165) is 22.4 Å². The van der Waals surface area contributed by atoms with E-state index in [-0.39, 0.29) is 5.91 Å². The number of methoxy groups -OCH3 is 1. The molecule has 4 heteroatoms. The lowest BCUT2D eigenvalue weighted by Gasteiger charge is -2.11. The number of aryl methyl sites for hydroxylation is 2. The van der Waals surface area contributed by atoms with Gasteiger partial charge in [0.15, 0.2) is 0 Å². The van der Waals surface area contributed by atoms with E-state index in [4.69, 9.17) is 10.5 Å². The van der Waals surface area contributed by atoms with Crippen LogP contribution in [0.4, 0.5) is 0 Å². The Balaban J connectivity index is 2.82. The maximum Gasteiger partial charge on any atom is 0.224 e. The molecule has 0 bridgehead atoms. The normalized spacial score (nSPS) is 10.1. The molecule has 3 N–H and O–H groups in total. The number of nitrogens with two attached hydrogens (primary N) is 1. The molecule has 94 valence electrons. The number of ether oxygens (including phenoxy) is 1. The summed E-state index contributed by atoms with van der Waals surface area (Å²) in [6.07, 6.45) is 0.324. The van der Waals surface area contributed by atoms with Crippen LogP contribution in [0.3, 0.4) is 0 Å². The van der Waals surface area contributed by atoms with Crippen molar-refractivity contribution in [3.63, 3.8) is 0 Å². The molecule has 1 aromatic carbocycles. The zero-order valence-electron chi connectivity index (χ0n) is 10.7. The molecule has 0 spiro atoms. The topological polar surface area (TPSA) is 64.3 Å². The first-order valence-corrected chi connectivity index (χ1v) is 5.69. The zero-order chi connectivity index (χ0) is 12.8. The first-order chi connectivity index (χ1) is 8.08. The maximum atomic E-state index is 11.6. The predicted octanol–water partition coefficient (Wildman–Crippen LogP) is 0.929. The molecule has 1 rings (SSSR count). The molecule has 0 saturated heterocycles. The van der Waals surface area contributed by atoms with Gasteiger partial charge in [-0.2, -0.15) is 0 Å². The van der Waals surface area contributed by atoms with Crippen LogP contribution in [0.25, 0.3) is 0 Å². The number of carbonyl (C=O) groups is 1. The quantitative estimate of drug-likeness (QED) is 0.799. The Hall–Kier alpha value is -1.55. The first kappa shape index (κ1) is 13.5. The molecular formula is C13H20N2O2. The van der Waals surface area contributed by atoms with E-state index in [1.807, 2.05) is 26.0 Å². The minimum absolute atomic E-state index is 0.0306. The molecule has 1 amide bonds. The summed E-state index contributed by atoms with van der Waals surface area (Å²) in [5.41, 5.74) is 8.56. The number of benzene rings is 1. The fourth-order valence-electron chi connectivity index (χ4n) is 1.62. The van der Waals surface area contributed by atoms with Crippen LogP contribution in [-0.2, 0) is 11.2 Å². The third-order valence-corrected chi connectivity index (χ3v) is 2.71. The third-order valence-electron chi connectivity index (χ3n) is 2.71. The highest BCUT2D eigenvalue weighted by Gasteiger charge is 2.10. The van der Waals surface area contributed by atoms with Gasteiger partial charge in [-0.15, -0.1) is 0 Å². The monoisotopic (exact) mass is 236 g/mol. The van der Waals surface area contributed by atoms with Gasteiger partial charge >= 0.3 is 0 Å². The number of carbonyl (C=O) groups excluding carboxylic acids is 1. The van der Waals surface area contributed by atoms with Gasteiger partial charge in [-0.25, -0.2) is 0 Å². The van der Waals surface area contributed by atoms with Crippen LogP contribution in [0.1, 0.15) is 16.7 Å². The lowest BCUT2D eigenvalue weighted by atomic mass is 10.0.